The summed E-state index contributed by atoms with van der Waals surface area (Å²) in [6, 6.07) is 8.61. The van der Waals surface area contributed by atoms with E-state index in [1.165, 1.54) is 6.07 Å². The van der Waals surface area contributed by atoms with E-state index in [4.69, 9.17) is 47.0 Å². The number of halogens is 3. The van der Waals surface area contributed by atoms with Crippen molar-refractivity contribution in [2.24, 2.45) is 0 Å². The SMILES string of the molecule is Cc1ccc(C(=O)NC(=S)Nc2cc(Cl)c(Cl)cc2Cl)c(C)c1. The number of hydrogen-bond acceptors (Lipinski definition) is 2. The lowest BCUT2D eigenvalue weighted by molar-refractivity contribution is 0.0977. The molecule has 2 rings (SSSR count). The second-order valence-electron chi connectivity index (χ2n) is 4.97. The average molecular weight is 388 g/mol. The molecule has 0 fully saturated rings. The van der Waals surface area contributed by atoms with Gasteiger partial charge in [0.05, 0.1) is 20.8 Å². The van der Waals surface area contributed by atoms with Gasteiger partial charge in [-0.2, -0.15) is 0 Å². The van der Waals surface area contributed by atoms with E-state index >= 15 is 0 Å². The van der Waals surface area contributed by atoms with E-state index in [9.17, 15) is 4.79 Å². The van der Waals surface area contributed by atoms with E-state index in [0.29, 0.717) is 26.3 Å². The van der Waals surface area contributed by atoms with Gasteiger partial charge in [0.2, 0.25) is 0 Å². The van der Waals surface area contributed by atoms with Gasteiger partial charge in [0.1, 0.15) is 0 Å². The second-order valence-corrected chi connectivity index (χ2v) is 6.60. The molecule has 0 aromatic heterocycles. The maximum atomic E-state index is 12.3. The number of amides is 1. The Hall–Kier alpha value is -1.33. The molecule has 0 aliphatic carbocycles. The third kappa shape index (κ3) is 4.58. The van der Waals surface area contributed by atoms with Crippen molar-refractivity contribution in [3.63, 3.8) is 0 Å². The van der Waals surface area contributed by atoms with Gasteiger partial charge in [-0.05, 0) is 49.8 Å². The quantitative estimate of drug-likeness (QED) is 0.536. The maximum absolute atomic E-state index is 12.3. The molecule has 120 valence electrons. The summed E-state index contributed by atoms with van der Waals surface area (Å²) < 4.78 is 0. The monoisotopic (exact) mass is 386 g/mol. The fraction of sp³-hybridized carbons (Fsp3) is 0.125. The highest BCUT2D eigenvalue weighted by molar-refractivity contribution is 7.80. The van der Waals surface area contributed by atoms with Crippen LogP contribution in [0.2, 0.25) is 15.1 Å². The predicted octanol–water partition coefficient (Wildman–Crippen LogP) is 5.39. The zero-order valence-corrected chi connectivity index (χ0v) is 15.4. The van der Waals surface area contributed by atoms with Crippen molar-refractivity contribution in [1.82, 2.24) is 5.32 Å². The molecule has 23 heavy (non-hydrogen) atoms. The predicted molar refractivity (Wildman–Crippen MR) is 101 cm³/mol. The lowest BCUT2D eigenvalue weighted by Gasteiger charge is -2.13. The summed E-state index contributed by atoms with van der Waals surface area (Å²) in [5.74, 6) is -0.295. The molecule has 3 nitrogen and oxygen atoms in total. The van der Waals surface area contributed by atoms with Gasteiger partial charge in [-0.3, -0.25) is 10.1 Å². The number of carbonyl (C=O) groups excluding carboxylic acids is 1. The van der Waals surface area contributed by atoms with Crippen LogP contribution in [0.4, 0.5) is 5.69 Å². The molecule has 0 aliphatic heterocycles. The Balaban J connectivity index is 2.10. The van der Waals surface area contributed by atoms with Crippen LogP contribution in [0.25, 0.3) is 0 Å². The van der Waals surface area contributed by atoms with E-state index < -0.39 is 0 Å². The van der Waals surface area contributed by atoms with E-state index in [2.05, 4.69) is 10.6 Å². The van der Waals surface area contributed by atoms with Crippen LogP contribution in [0.3, 0.4) is 0 Å². The molecular formula is C16H13Cl3N2OS. The summed E-state index contributed by atoms with van der Waals surface area (Å²) >= 11 is 23.0. The lowest BCUT2D eigenvalue weighted by atomic mass is 10.1. The highest BCUT2D eigenvalue weighted by Crippen LogP contribution is 2.32. The van der Waals surface area contributed by atoms with Crippen molar-refractivity contribution in [2.75, 3.05) is 5.32 Å². The Morgan fingerprint density at radius 3 is 2.30 bits per heavy atom. The lowest BCUT2D eigenvalue weighted by Crippen LogP contribution is -2.34. The molecule has 0 spiro atoms. The summed E-state index contributed by atoms with van der Waals surface area (Å²) in [6.07, 6.45) is 0. The van der Waals surface area contributed by atoms with Crippen molar-refractivity contribution in [3.05, 3.63) is 62.1 Å². The summed E-state index contributed by atoms with van der Waals surface area (Å²) in [4.78, 5) is 12.3. The Bertz CT molecular complexity index is 793. The van der Waals surface area contributed by atoms with Crippen molar-refractivity contribution in [2.45, 2.75) is 13.8 Å². The number of hydrogen-bond donors (Lipinski definition) is 2. The zero-order valence-electron chi connectivity index (χ0n) is 12.3. The van der Waals surface area contributed by atoms with Crippen LogP contribution in [0, 0.1) is 13.8 Å². The molecule has 0 atom stereocenters. The molecule has 0 bridgehead atoms. The number of rotatable bonds is 2. The van der Waals surface area contributed by atoms with E-state index in [1.807, 2.05) is 26.0 Å². The first kappa shape index (κ1) is 18.0. The third-order valence-corrected chi connectivity index (χ3v) is 4.35. The number of thiocarbonyl (C=S) groups is 1. The number of aryl methyl sites for hydroxylation is 2. The van der Waals surface area contributed by atoms with Crippen molar-refractivity contribution in [1.29, 1.82) is 0 Å². The molecule has 0 radical (unpaired) electrons. The van der Waals surface area contributed by atoms with Crippen molar-refractivity contribution >= 4 is 63.7 Å². The normalized spacial score (nSPS) is 10.3. The summed E-state index contributed by atoms with van der Waals surface area (Å²) in [7, 11) is 0. The summed E-state index contributed by atoms with van der Waals surface area (Å²) in [6.45, 7) is 3.83. The van der Waals surface area contributed by atoms with Gasteiger partial charge in [-0.15, -0.1) is 0 Å². The van der Waals surface area contributed by atoms with Gasteiger partial charge in [0.25, 0.3) is 5.91 Å². The highest BCUT2D eigenvalue weighted by atomic mass is 35.5. The van der Waals surface area contributed by atoms with Gasteiger partial charge in [0, 0.05) is 5.56 Å². The zero-order chi connectivity index (χ0) is 17.1. The van der Waals surface area contributed by atoms with Gasteiger partial charge < -0.3 is 5.32 Å². The van der Waals surface area contributed by atoms with Gasteiger partial charge in [-0.25, -0.2) is 0 Å². The van der Waals surface area contributed by atoms with Crippen LogP contribution in [0.15, 0.2) is 30.3 Å². The van der Waals surface area contributed by atoms with E-state index in [1.54, 1.807) is 12.1 Å². The first-order chi connectivity index (χ1) is 10.8. The van der Waals surface area contributed by atoms with E-state index in [0.717, 1.165) is 11.1 Å². The molecule has 2 aromatic carbocycles. The van der Waals surface area contributed by atoms with Crippen LogP contribution in [-0.2, 0) is 0 Å². The Morgan fingerprint density at radius 2 is 1.65 bits per heavy atom. The topological polar surface area (TPSA) is 41.1 Å². The summed E-state index contributed by atoms with van der Waals surface area (Å²) in [5.41, 5.74) is 2.98. The van der Waals surface area contributed by atoms with Crippen LogP contribution in [0.1, 0.15) is 21.5 Å². The number of benzene rings is 2. The van der Waals surface area contributed by atoms with Crippen LogP contribution in [-0.4, -0.2) is 11.0 Å². The standard InChI is InChI=1S/C16H13Cl3N2OS/c1-8-3-4-10(9(2)5-8)15(22)21-16(23)20-14-7-12(18)11(17)6-13(14)19/h3-7H,1-2H3,(H2,20,21,22,23). The number of carbonyl (C=O) groups is 1. The molecule has 2 aromatic rings. The fourth-order valence-corrected chi connectivity index (χ4v) is 2.81. The Labute approximate surface area is 154 Å². The molecule has 7 heteroatoms. The minimum absolute atomic E-state index is 0.121. The highest BCUT2D eigenvalue weighted by Gasteiger charge is 2.12. The number of anilines is 1. The minimum atomic E-state index is -0.295. The first-order valence-corrected chi connectivity index (χ1v) is 8.16. The third-order valence-electron chi connectivity index (χ3n) is 3.11. The molecule has 2 N–H and O–H groups in total. The Morgan fingerprint density at radius 1 is 1.00 bits per heavy atom. The van der Waals surface area contributed by atoms with Crippen molar-refractivity contribution in [3.8, 4) is 0 Å². The van der Waals surface area contributed by atoms with Gasteiger partial charge >= 0.3 is 0 Å². The van der Waals surface area contributed by atoms with Crippen molar-refractivity contribution < 1.29 is 4.79 Å². The van der Waals surface area contributed by atoms with Gasteiger partial charge in [-0.1, -0.05) is 52.5 Å². The molecule has 0 aliphatic rings. The minimum Gasteiger partial charge on any atom is -0.331 e. The van der Waals surface area contributed by atoms with Gasteiger partial charge in [0.15, 0.2) is 5.11 Å². The number of nitrogens with one attached hydrogen (secondary N) is 2. The molecular weight excluding hydrogens is 375 g/mol. The first-order valence-electron chi connectivity index (χ1n) is 6.62. The largest absolute Gasteiger partial charge is 0.331 e. The van der Waals surface area contributed by atoms with Crippen LogP contribution >= 0.6 is 47.0 Å². The summed E-state index contributed by atoms with van der Waals surface area (Å²) in [5, 5.41) is 6.59. The van der Waals surface area contributed by atoms with Crippen LogP contribution < -0.4 is 10.6 Å². The Kier molecular flexibility index (Phi) is 5.87. The molecule has 0 saturated heterocycles. The fourth-order valence-electron chi connectivity index (χ4n) is 2.01. The molecule has 0 heterocycles. The average Bonchev–Trinajstić information content (AvgIpc) is 2.44. The molecule has 0 unspecified atom stereocenters. The van der Waals surface area contributed by atoms with Crippen LogP contribution in [0.5, 0.6) is 0 Å². The maximum Gasteiger partial charge on any atom is 0.257 e. The van der Waals surface area contributed by atoms with E-state index in [-0.39, 0.29) is 11.0 Å². The second kappa shape index (κ2) is 7.49. The molecule has 1 amide bonds. The smallest absolute Gasteiger partial charge is 0.257 e. The molecule has 0 saturated carbocycles.